The van der Waals surface area contributed by atoms with Gasteiger partial charge in [0.1, 0.15) is 0 Å². The summed E-state index contributed by atoms with van der Waals surface area (Å²) in [4.78, 5) is 29.8. The molecule has 2 amide bonds. The fourth-order valence-electron chi connectivity index (χ4n) is 2.78. The van der Waals surface area contributed by atoms with Crippen LogP contribution >= 0.6 is 0 Å². The second kappa shape index (κ2) is 7.89. The van der Waals surface area contributed by atoms with Crippen LogP contribution in [0.15, 0.2) is 18.3 Å². The molecule has 22 heavy (non-hydrogen) atoms. The number of nitrogens with zero attached hydrogens (tertiary/aromatic N) is 2. The summed E-state index contributed by atoms with van der Waals surface area (Å²) in [7, 11) is 0. The van der Waals surface area contributed by atoms with Crippen molar-refractivity contribution in [3.63, 3.8) is 0 Å². The molecule has 1 atom stereocenters. The van der Waals surface area contributed by atoms with E-state index in [-0.39, 0.29) is 17.5 Å². The van der Waals surface area contributed by atoms with Crippen LogP contribution in [0.5, 0.6) is 0 Å². The number of anilines is 1. The van der Waals surface area contributed by atoms with E-state index in [2.05, 4.69) is 27.4 Å². The Morgan fingerprint density at radius 3 is 3.00 bits per heavy atom. The van der Waals surface area contributed by atoms with Gasteiger partial charge in [0.15, 0.2) is 5.69 Å². The molecule has 1 aromatic heterocycles. The Labute approximate surface area is 131 Å². The van der Waals surface area contributed by atoms with Gasteiger partial charge in [0.25, 0.3) is 5.91 Å². The van der Waals surface area contributed by atoms with Crippen LogP contribution in [0.2, 0.25) is 0 Å². The molecule has 1 saturated heterocycles. The summed E-state index contributed by atoms with van der Waals surface area (Å²) >= 11 is 0. The molecule has 2 heterocycles. The maximum absolute atomic E-state index is 12.2. The summed E-state index contributed by atoms with van der Waals surface area (Å²) in [6.07, 6.45) is 4.06. The molecule has 2 rings (SSSR count). The Kier molecular flexibility index (Phi) is 5.89. The van der Waals surface area contributed by atoms with Crippen LogP contribution in [-0.4, -0.2) is 47.9 Å². The van der Waals surface area contributed by atoms with Crippen molar-refractivity contribution in [1.82, 2.24) is 15.2 Å². The van der Waals surface area contributed by atoms with Crippen molar-refractivity contribution >= 4 is 17.5 Å². The first-order valence-corrected chi connectivity index (χ1v) is 7.79. The third-order valence-electron chi connectivity index (χ3n) is 3.79. The number of rotatable bonds is 5. The Bertz CT molecular complexity index is 533. The second-order valence-corrected chi connectivity index (χ2v) is 5.88. The van der Waals surface area contributed by atoms with Gasteiger partial charge in [-0.3, -0.25) is 9.59 Å². The van der Waals surface area contributed by atoms with E-state index >= 15 is 0 Å². The number of carbonyl (C=O) groups is 2. The zero-order valence-electron chi connectivity index (χ0n) is 13.3. The molecule has 120 valence electrons. The minimum absolute atomic E-state index is 0.218. The largest absolute Gasteiger partial charge is 0.349 e. The fourth-order valence-corrected chi connectivity index (χ4v) is 2.78. The van der Waals surface area contributed by atoms with Crippen molar-refractivity contribution in [3.8, 4) is 0 Å². The minimum Gasteiger partial charge on any atom is -0.349 e. The van der Waals surface area contributed by atoms with Crippen LogP contribution in [0.1, 0.15) is 37.2 Å². The molecule has 1 unspecified atom stereocenters. The number of piperidine rings is 1. The monoisotopic (exact) mass is 304 g/mol. The van der Waals surface area contributed by atoms with Gasteiger partial charge in [-0.25, -0.2) is 4.98 Å². The van der Waals surface area contributed by atoms with E-state index in [4.69, 9.17) is 0 Å². The lowest BCUT2D eigenvalue weighted by Crippen LogP contribution is -2.40. The lowest BCUT2D eigenvalue weighted by Gasteiger charge is -2.30. The minimum atomic E-state index is -0.255. The molecule has 0 aromatic carbocycles. The molecule has 0 bridgehead atoms. The van der Waals surface area contributed by atoms with E-state index in [0.29, 0.717) is 12.2 Å². The summed E-state index contributed by atoms with van der Waals surface area (Å²) in [6.45, 7) is 7.29. The quantitative estimate of drug-likeness (QED) is 0.864. The number of likely N-dealkylation sites (tertiary alicyclic amines) is 1. The van der Waals surface area contributed by atoms with Crippen molar-refractivity contribution in [2.24, 2.45) is 5.92 Å². The highest BCUT2D eigenvalue weighted by atomic mass is 16.2. The molecule has 1 aromatic rings. The first-order chi connectivity index (χ1) is 10.6. The zero-order valence-corrected chi connectivity index (χ0v) is 13.3. The SMILES string of the molecule is CC(=O)Nc1cccnc1C(=O)NCCN1CCCC(C)C1. The van der Waals surface area contributed by atoms with Crippen molar-refractivity contribution in [2.45, 2.75) is 26.7 Å². The normalized spacial score (nSPS) is 18.7. The molecule has 1 aliphatic heterocycles. The molecule has 6 heteroatoms. The molecule has 0 saturated carbocycles. The van der Waals surface area contributed by atoms with E-state index in [1.807, 2.05) is 0 Å². The highest BCUT2D eigenvalue weighted by molar-refractivity contribution is 6.01. The maximum Gasteiger partial charge on any atom is 0.272 e. The summed E-state index contributed by atoms with van der Waals surface area (Å²) in [5, 5.41) is 5.51. The number of pyridine rings is 1. The molecular formula is C16H24N4O2. The summed E-state index contributed by atoms with van der Waals surface area (Å²) in [5.41, 5.74) is 0.698. The van der Waals surface area contributed by atoms with E-state index in [0.717, 1.165) is 25.6 Å². The molecule has 6 nitrogen and oxygen atoms in total. The Balaban J connectivity index is 1.85. The van der Waals surface area contributed by atoms with Crippen LogP contribution in [0.4, 0.5) is 5.69 Å². The van der Waals surface area contributed by atoms with Gasteiger partial charge >= 0.3 is 0 Å². The smallest absolute Gasteiger partial charge is 0.272 e. The van der Waals surface area contributed by atoms with Crippen molar-refractivity contribution in [3.05, 3.63) is 24.0 Å². The number of nitrogens with one attached hydrogen (secondary N) is 2. The lowest BCUT2D eigenvalue weighted by atomic mass is 10.0. The van der Waals surface area contributed by atoms with E-state index < -0.39 is 0 Å². The number of hydrogen-bond donors (Lipinski definition) is 2. The van der Waals surface area contributed by atoms with Crippen molar-refractivity contribution in [2.75, 3.05) is 31.5 Å². The number of aromatic nitrogens is 1. The predicted molar refractivity (Wildman–Crippen MR) is 85.7 cm³/mol. The van der Waals surface area contributed by atoms with Crippen LogP contribution in [0, 0.1) is 5.92 Å². The first kappa shape index (κ1) is 16.4. The second-order valence-electron chi connectivity index (χ2n) is 5.88. The summed E-state index contributed by atoms with van der Waals surface area (Å²) in [6, 6.07) is 3.37. The van der Waals surface area contributed by atoms with Gasteiger partial charge in [-0.05, 0) is 37.4 Å². The van der Waals surface area contributed by atoms with Gasteiger partial charge in [0.05, 0.1) is 5.69 Å². The average Bonchev–Trinajstić information content (AvgIpc) is 2.47. The molecule has 0 spiro atoms. The number of amides is 2. The van der Waals surface area contributed by atoms with Gasteiger partial charge in [0, 0.05) is 32.8 Å². The number of hydrogen-bond acceptors (Lipinski definition) is 4. The Morgan fingerprint density at radius 2 is 2.27 bits per heavy atom. The lowest BCUT2D eigenvalue weighted by molar-refractivity contribution is -0.114. The van der Waals surface area contributed by atoms with E-state index in [9.17, 15) is 9.59 Å². The van der Waals surface area contributed by atoms with Gasteiger partial charge in [-0.2, -0.15) is 0 Å². The standard InChI is InChI=1S/C16H24N4O2/c1-12-5-4-9-20(11-12)10-8-18-16(22)15-14(19-13(2)21)6-3-7-17-15/h3,6-7,12H,4-5,8-11H2,1-2H3,(H,18,22)(H,19,21). The summed E-state index contributed by atoms with van der Waals surface area (Å²) < 4.78 is 0. The van der Waals surface area contributed by atoms with Crippen LogP contribution in [-0.2, 0) is 4.79 Å². The molecule has 1 aliphatic rings. The van der Waals surface area contributed by atoms with Crippen molar-refractivity contribution in [1.29, 1.82) is 0 Å². The van der Waals surface area contributed by atoms with E-state index in [1.54, 1.807) is 18.3 Å². The van der Waals surface area contributed by atoms with Gasteiger partial charge in [-0.15, -0.1) is 0 Å². The van der Waals surface area contributed by atoms with Crippen molar-refractivity contribution < 1.29 is 9.59 Å². The predicted octanol–water partition coefficient (Wildman–Crippen LogP) is 1.50. The molecule has 1 fully saturated rings. The van der Waals surface area contributed by atoms with Crippen LogP contribution in [0.25, 0.3) is 0 Å². The molecule has 2 N–H and O–H groups in total. The topological polar surface area (TPSA) is 74.3 Å². The fraction of sp³-hybridized carbons (Fsp3) is 0.562. The van der Waals surface area contributed by atoms with E-state index in [1.165, 1.54) is 19.8 Å². The molecule has 0 aliphatic carbocycles. The summed E-state index contributed by atoms with van der Waals surface area (Å²) in [5.74, 6) is 0.255. The highest BCUT2D eigenvalue weighted by Gasteiger charge is 2.17. The van der Waals surface area contributed by atoms with Gasteiger partial charge in [-0.1, -0.05) is 6.92 Å². The van der Waals surface area contributed by atoms with Crippen LogP contribution in [0.3, 0.4) is 0 Å². The maximum atomic E-state index is 12.2. The van der Waals surface area contributed by atoms with Gasteiger partial charge in [0.2, 0.25) is 5.91 Å². The third kappa shape index (κ3) is 4.80. The van der Waals surface area contributed by atoms with Gasteiger partial charge < -0.3 is 15.5 Å². The molecule has 0 radical (unpaired) electrons. The Hall–Kier alpha value is -1.95. The zero-order chi connectivity index (χ0) is 15.9. The third-order valence-corrected chi connectivity index (χ3v) is 3.79. The molecular weight excluding hydrogens is 280 g/mol. The Morgan fingerprint density at radius 1 is 1.45 bits per heavy atom. The highest BCUT2D eigenvalue weighted by Crippen LogP contribution is 2.15. The average molecular weight is 304 g/mol. The number of carbonyl (C=O) groups excluding carboxylic acids is 2. The first-order valence-electron chi connectivity index (χ1n) is 7.79. The van der Waals surface area contributed by atoms with Crippen LogP contribution < -0.4 is 10.6 Å².